The van der Waals surface area contributed by atoms with Gasteiger partial charge in [0.2, 0.25) is 0 Å². The predicted molar refractivity (Wildman–Crippen MR) is 95.4 cm³/mol. The SMILES string of the molecule is Cn1nc(C(=O)O)cc1CNCC1(C2CCCCO2)CCC1.O=C(O)C(F)(F)F. The molecule has 8 nitrogen and oxygen atoms in total. The number of hydrogen-bond donors (Lipinski definition) is 3. The maximum atomic E-state index is 10.9. The maximum Gasteiger partial charge on any atom is 0.490 e. The minimum atomic E-state index is -5.08. The molecule has 0 aromatic carbocycles. The normalized spacial score (nSPS) is 20.9. The van der Waals surface area contributed by atoms with Gasteiger partial charge >= 0.3 is 18.1 Å². The van der Waals surface area contributed by atoms with Gasteiger partial charge in [-0.15, -0.1) is 0 Å². The summed E-state index contributed by atoms with van der Waals surface area (Å²) in [6, 6.07) is 1.64. The number of hydrogen-bond acceptors (Lipinski definition) is 5. The molecule has 1 unspecified atom stereocenters. The Morgan fingerprint density at radius 3 is 2.38 bits per heavy atom. The quantitative estimate of drug-likeness (QED) is 0.647. The molecule has 0 amide bonds. The van der Waals surface area contributed by atoms with E-state index in [1.807, 2.05) is 0 Å². The van der Waals surface area contributed by atoms with Gasteiger partial charge in [0.15, 0.2) is 5.69 Å². The number of halogens is 3. The number of carboxylic acid groups (broad SMARTS) is 2. The van der Waals surface area contributed by atoms with Crippen molar-refractivity contribution in [2.24, 2.45) is 12.5 Å². The Hall–Kier alpha value is -2.14. The van der Waals surface area contributed by atoms with E-state index in [1.165, 1.54) is 38.5 Å². The average molecular weight is 421 g/mol. The zero-order valence-corrected chi connectivity index (χ0v) is 16.2. The van der Waals surface area contributed by atoms with Crippen molar-refractivity contribution in [3.8, 4) is 0 Å². The van der Waals surface area contributed by atoms with E-state index in [0.717, 1.165) is 18.8 Å². The summed E-state index contributed by atoms with van der Waals surface area (Å²) < 4.78 is 39.4. The summed E-state index contributed by atoms with van der Waals surface area (Å²) in [5, 5.41) is 23.6. The second-order valence-electron chi connectivity index (χ2n) is 7.43. The molecule has 0 spiro atoms. The molecule has 2 heterocycles. The van der Waals surface area contributed by atoms with Crippen LogP contribution in [0.15, 0.2) is 6.07 Å². The third kappa shape index (κ3) is 6.17. The highest BCUT2D eigenvalue weighted by atomic mass is 19.4. The van der Waals surface area contributed by atoms with Crippen molar-refractivity contribution in [1.82, 2.24) is 15.1 Å². The molecule has 0 bridgehead atoms. The van der Waals surface area contributed by atoms with Crippen LogP contribution in [0.3, 0.4) is 0 Å². The minimum Gasteiger partial charge on any atom is -0.476 e. The number of aliphatic carboxylic acids is 1. The lowest BCUT2D eigenvalue weighted by Gasteiger charge is -2.49. The zero-order chi connectivity index (χ0) is 21.7. The van der Waals surface area contributed by atoms with Gasteiger partial charge in [0, 0.05) is 32.2 Å². The number of nitrogens with one attached hydrogen (secondary N) is 1. The summed E-state index contributed by atoms with van der Waals surface area (Å²) in [6.07, 6.45) is 2.70. The van der Waals surface area contributed by atoms with Gasteiger partial charge in [-0.1, -0.05) is 6.42 Å². The second kappa shape index (κ2) is 9.57. The molecule has 3 rings (SSSR count). The van der Waals surface area contributed by atoms with Crippen molar-refractivity contribution < 1.29 is 37.7 Å². The number of carbonyl (C=O) groups is 2. The number of nitrogens with zero attached hydrogens (tertiary/aromatic N) is 2. The molecule has 3 N–H and O–H groups in total. The van der Waals surface area contributed by atoms with E-state index < -0.39 is 18.1 Å². The van der Waals surface area contributed by atoms with E-state index in [-0.39, 0.29) is 11.1 Å². The number of aromatic carboxylic acids is 1. The van der Waals surface area contributed by atoms with Crippen molar-refractivity contribution >= 4 is 11.9 Å². The number of rotatable bonds is 6. The number of ether oxygens (including phenoxy) is 1. The molecule has 1 saturated heterocycles. The topological polar surface area (TPSA) is 114 Å². The molecule has 1 atom stereocenters. The molecule has 1 aliphatic heterocycles. The molecule has 164 valence electrons. The lowest BCUT2D eigenvalue weighted by Crippen LogP contribution is -2.50. The van der Waals surface area contributed by atoms with Crippen LogP contribution in [-0.2, 0) is 23.1 Å². The number of carboxylic acids is 2. The molecule has 0 radical (unpaired) electrons. The first-order chi connectivity index (χ1) is 13.5. The highest BCUT2D eigenvalue weighted by Gasteiger charge is 2.44. The summed E-state index contributed by atoms with van der Waals surface area (Å²) in [7, 11) is 1.78. The average Bonchev–Trinajstić information content (AvgIpc) is 2.99. The van der Waals surface area contributed by atoms with Crippen molar-refractivity contribution in [2.75, 3.05) is 13.2 Å². The molecule has 2 aliphatic rings. The van der Waals surface area contributed by atoms with Crippen molar-refractivity contribution in [3.05, 3.63) is 17.5 Å². The standard InChI is InChI=1S/C16H25N3O3.C2HF3O2/c1-19-12(9-13(18-19)15(20)21)10-17-11-16(6-4-7-16)14-5-2-3-8-22-14;3-2(4,5)1(6)7/h9,14,17H,2-8,10-11H2,1H3,(H,20,21);(H,6,7). The van der Waals surface area contributed by atoms with E-state index in [0.29, 0.717) is 12.6 Å². The Kier molecular flexibility index (Phi) is 7.64. The molecule has 2 fully saturated rings. The lowest BCUT2D eigenvalue weighted by atomic mass is 9.63. The van der Waals surface area contributed by atoms with Gasteiger partial charge in [0.25, 0.3) is 0 Å². The summed E-state index contributed by atoms with van der Waals surface area (Å²) in [5.41, 5.74) is 1.29. The van der Waals surface area contributed by atoms with Crippen LogP contribution < -0.4 is 5.32 Å². The van der Waals surface area contributed by atoms with Crippen LogP contribution in [0.4, 0.5) is 13.2 Å². The van der Waals surface area contributed by atoms with E-state index in [9.17, 15) is 18.0 Å². The molecule has 1 aliphatic carbocycles. The van der Waals surface area contributed by atoms with Crippen molar-refractivity contribution in [3.63, 3.8) is 0 Å². The van der Waals surface area contributed by atoms with Crippen LogP contribution >= 0.6 is 0 Å². The van der Waals surface area contributed by atoms with Gasteiger partial charge in [0.05, 0.1) is 11.8 Å². The Bertz CT molecular complexity index is 710. The fraction of sp³-hybridized carbons (Fsp3) is 0.722. The van der Waals surface area contributed by atoms with Gasteiger partial charge in [0.1, 0.15) is 0 Å². The van der Waals surface area contributed by atoms with Crippen molar-refractivity contribution in [2.45, 2.75) is 57.3 Å². The van der Waals surface area contributed by atoms with Crippen LogP contribution in [0, 0.1) is 5.41 Å². The number of alkyl halides is 3. The van der Waals surface area contributed by atoms with Crippen LogP contribution in [0.2, 0.25) is 0 Å². The van der Waals surface area contributed by atoms with Gasteiger partial charge in [-0.3, -0.25) is 4.68 Å². The van der Waals surface area contributed by atoms with Crippen LogP contribution in [-0.4, -0.2) is 57.4 Å². The van der Waals surface area contributed by atoms with E-state index in [2.05, 4.69) is 10.4 Å². The van der Waals surface area contributed by atoms with E-state index in [1.54, 1.807) is 17.8 Å². The molecular weight excluding hydrogens is 395 g/mol. The number of aromatic nitrogens is 2. The fourth-order valence-corrected chi connectivity index (χ4v) is 3.68. The monoisotopic (exact) mass is 421 g/mol. The molecule has 1 aromatic rings. The highest BCUT2D eigenvalue weighted by Crippen LogP contribution is 2.47. The zero-order valence-electron chi connectivity index (χ0n) is 16.2. The molecule has 1 saturated carbocycles. The Labute approximate surface area is 166 Å². The summed E-state index contributed by atoms with van der Waals surface area (Å²) >= 11 is 0. The molecular formula is C18H26F3N3O5. The fourth-order valence-electron chi connectivity index (χ4n) is 3.68. The first-order valence-electron chi connectivity index (χ1n) is 9.44. The van der Waals surface area contributed by atoms with Gasteiger partial charge in [-0.2, -0.15) is 18.3 Å². The van der Waals surface area contributed by atoms with Gasteiger partial charge < -0.3 is 20.3 Å². The summed E-state index contributed by atoms with van der Waals surface area (Å²) in [5.74, 6) is -3.74. The maximum absolute atomic E-state index is 10.9. The Morgan fingerprint density at radius 1 is 1.31 bits per heavy atom. The van der Waals surface area contributed by atoms with Crippen LogP contribution in [0.1, 0.15) is 54.7 Å². The summed E-state index contributed by atoms with van der Waals surface area (Å²) in [4.78, 5) is 19.8. The minimum absolute atomic E-state index is 0.105. The molecule has 1 aromatic heterocycles. The molecule has 29 heavy (non-hydrogen) atoms. The van der Waals surface area contributed by atoms with E-state index in [4.69, 9.17) is 19.7 Å². The first kappa shape index (κ1) is 23.1. The first-order valence-corrected chi connectivity index (χ1v) is 9.44. The van der Waals surface area contributed by atoms with Gasteiger partial charge in [-0.05, 0) is 38.2 Å². The predicted octanol–water partition coefficient (Wildman–Crippen LogP) is 2.58. The smallest absolute Gasteiger partial charge is 0.476 e. The highest BCUT2D eigenvalue weighted by molar-refractivity contribution is 5.85. The third-order valence-corrected chi connectivity index (χ3v) is 5.43. The van der Waals surface area contributed by atoms with E-state index >= 15 is 0 Å². The second-order valence-corrected chi connectivity index (χ2v) is 7.43. The van der Waals surface area contributed by atoms with Gasteiger partial charge in [-0.25, -0.2) is 9.59 Å². The lowest BCUT2D eigenvalue weighted by molar-refractivity contribution is -0.192. The van der Waals surface area contributed by atoms with Crippen LogP contribution in [0.25, 0.3) is 0 Å². The molecule has 11 heteroatoms. The third-order valence-electron chi connectivity index (χ3n) is 5.43. The summed E-state index contributed by atoms with van der Waals surface area (Å²) in [6.45, 7) is 2.48. The van der Waals surface area contributed by atoms with Crippen LogP contribution in [0.5, 0.6) is 0 Å². The Balaban J connectivity index is 0.000000370. The van der Waals surface area contributed by atoms with Crippen molar-refractivity contribution in [1.29, 1.82) is 0 Å². The largest absolute Gasteiger partial charge is 0.490 e. The Morgan fingerprint density at radius 2 is 1.97 bits per heavy atom. The number of aryl methyl sites for hydroxylation is 1.